The molecule has 0 unspecified atom stereocenters. The van der Waals surface area contributed by atoms with E-state index < -0.39 is 47.7 Å². The summed E-state index contributed by atoms with van der Waals surface area (Å²) >= 11 is 0. The molecule has 0 saturated carbocycles. The Kier molecular flexibility index (Phi) is 13.4. The first-order chi connectivity index (χ1) is 15.1. The lowest BCUT2D eigenvalue weighted by atomic mass is 9.91. The number of hydrogen-bond acceptors (Lipinski definition) is 6. The zero-order chi connectivity index (χ0) is 27.1. The van der Waals surface area contributed by atoms with E-state index in [0.717, 1.165) is 18.9 Å². The second-order valence-corrected chi connectivity index (χ2v) is 32.4. The summed E-state index contributed by atoms with van der Waals surface area (Å²) in [6.07, 6.45) is 4.00. The fraction of sp³-hybridized carbons (Fsp3) is 0.957. The summed E-state index contributed by atoms with van der Waals surface area (Å²) in [6.45, 7) is 30.4. The quantitative estimate of drug-likeness (QED) is 0.102. The molecular formula is C23H56O6Si5. The van der Waals surface area contributed by atoms with Crippen LogP contribution in [0.25, 0.3) is 0 Å². The highest BCUT2D eigenvalue weighted by molar-refractivity contribution is 6.90. The van der Waals surface area contributed by atoms with E-state index in [-0.39, 0.29) is 5.97 Å². The number of hydrogen-bond donors (Lipinski definition) is 0. The molecule has 0 aromatic rings. The highest BCUT2D eigenvalue weighted by Gasteiger charge is 2.45. The van der Waals surface area contributed by atoms with Crippen molar-refractivity contribution in [3.8, 4) is 0 Å². The van der Waals surface area contributed by atoms with Crippen molar-refractivity contribution in [2.45, 2.75) is 131 Å². The third kappa shape index (κ3) is 14.8. The normalized spacial score (nSPS) is 14.4. The molecule has 0 rings (SSSR count). The molecule has 0 aliphatic carbocycles. The summed E-state index contributed by atoms with van der Waals surface area (Å²) in [4.78, 5) is 12.2. The van der Waals surface area contributed by atoms with Crippen LogP contribution in [0.5, 0.6) is 0 Å². The SMILES string of the molecule is CCCC[Si](C)(C)O[Si](C)(C)O[Si](C)(C)O[Si](C)(C)O[Si](C)(C)CCCOC(=O)C(C)(C)CC. The Balaban J connectivity index is 4.86. The fourth-order valence-electron chi connectivity index (χ4n) is 4.28. The Hall–Kier alpha value is 0.394. The Bertz CT molecular complexity index is 635. The number of carbonyl (C=O) groups excluding carboxylic acids is 1. The fourth-order valence-corrected chi connectivity index (χ4v) is 29.0. The third-order valence-corrected chi connectivity index (χ3v) is 25.1. The zero-order valence-corrected chi connectivity index (χ0v) is 29.9. The summed E-state index contributed by atoms with van der Waals surface area (Å²) in [5.74, 6) is -0.117. The van der Waals surface area contributed by atoms with Gasteiger partial charge in [-0.05, 0) is 104 Å². The van der Waals surface area contributed by atoms with E-state index in [1.165, 1.54) is 18.9 Å². The Morgan fingerprint density at radius 3 is 1.41 bits per heavy atom. The molecule has 0 spiro atoms. The van der Waals surface area contributed by atoms with Crippen molar-refractivity contribution in [1.82, 2.24) is 0 Å². The van der Waals surface area contributed by atoms with Crippen LogP contribution in [0.4, 0.5) is 0 Å². The van der Waals surface area contributed by atoms with Gasteiger partial charge in [-0.1, -0.05) is 26.7 Å². The van der Waals surface area contributed by atoms with Crippen molar-refractivity contribution in [3.63, 3.8) is 0 Å². The second-order valence-electron chi connectivity index (χ2n) is 12.7. The zero-order valence-electron chi connectivity index (χ0n) is 24.9. The lowest BCUT2D eigenvalue weighted by Crippen LogP contribution is -2.58. The molecule has 0 heterocycles. The van der Waals surface area contributed by atoms with Gasteiger partial charge in [0.1, 0.15) is 0 Å². The maximum Gasteiger partial charge on any atom is 0.314 e. The Morgan fingerprint density at radius 2 is 1.03 bits per heavy atom. The van der Waals surface area contributed by atoms with Gasteiger partial charge in [0.05, 0.1) is 12.0 Å². The minimum Gasteiger partial charge on any atom is -0.465 e. The molecule has 0 saturated heterocycles. The lowest BCUT2D eigenvalue weighted by Gasteiger charge is -2.42. The predicted molar refractivity (Wildman–Crippen MR) is 156 cm³/mol. The minimum absolute atomic E-state index is 0.117. The third-order valence-electron chi connectivity index (χ3n) is 5.75. The minimum atomic E-state index is -2.43. The van der Waals surface area contributed by atoms with Gasteiger partial charge in [-0.15, -0.1) is 0 Å². The van der Waals surface area contributed by atoms with E-state index >= 15 is 0 Å². The van der Waals surface area contributed by atoms with Crippen LogP contribution >= 0.6 is 0 Å². The standard InChI is InChI=1S/C23H56O6Si5/c1-15-17-20-30(5,6)26-32(9,10)28-34(13,14)29-33(11,12)27-31(7,8)21-18-19-25-22(24)23(3,4)16-2/h15-21H2,1-14H3. The van der Waals surface area contributed by atoms with Gasteiger partial charge in [-0.3, -0.25) is 4.79 Å². The molecule has 34 heavy (non-hydrogen) atoms. The number of esters is 1. The van der Waals surface area contributed by atoms with Gasteiger partial charge in [0.25, 0.3) is 0 Å². The maximum atomic E-state index is 12.2. The molecule has 0 aliphatic rings. The first kappa shape index (κ1) is 34.4. The molecule has 0 N–H and O–H groups in total. The molecule has 0 aromatic heterocycles. The number of ether oxygens (including phenoxy) is 1. The van der Waals surface area contributed by atoms with Crippen molar-refractivity contribution < 1.29 is 26.0 Å². The van der Waals surface area contributed by atoms with Crippen LogP contribution in [-0.2, 0) is 26.0 Å². The molecule has 0 aliphatic heterocycles. The van der Waals surface area contributed by atoms with Gasteiger partial charge in [0, 0.05) is 0 Å². The molecule has 0 radical (unpaired) electrons. The van der Waals surface area contributed by atoms with Crippen LogP contribution in [0, 0.1) is 5.41 Å². The van der Waals surface area contributed by atoms with Gasteiger partial charge in [-0.25, -0.2) is 0 Å². The average molecular weight is 569 g/mol. The molecule has 0 fully saturated rings. The number of unbranched alkanes of at least 4 members (excludes halogenated alkanes) is 1. The molecule has 6 nitrogen and oxygen atoms in total. The number of carbonyl (C=O) groups is 1. The van der Waals surface area contributed by atoms with Crippen molar-refractivity contribution in [1.29, 1.82) is 0 Å². The van der Waals surface area contributed by atoms with Crippen molar-refractivity contribution in [3.05, 3.63) is 0 Å². The maximum absolute atomic E-state index is 12.2. The van der Waals surface area contributed by atoms with Crippen LogP contribution in [0.2, 0.25) is 77.6 Å². The summed E-state index contributed by atoms with van der Waals surface area (Å²) in [5.41, 5.74) is -0.420. The van der Waals surface area contributed by atoms with E-state index in [2.05, 4.69) is 72.4 Å². The van der Waals surface area contributed by atoms with Crippen LogP contribution in [0.3, 0.4) is 0 Å². The Labute approximate surface area is 216 Å². The molecule has 204 valence electrons. The summed E-state index contributed by atoms with van der Waals surface area (Å²) in [5, 5.41) is 0. The van der Waals surface area contributed by atoms with Crippen LogP contribution < -0.4 is 0 Å². The molecule has 0 bridgehead atoms. The summed E-state index contributed by atoms with van der Waals surface area (Å²) in [6, 6.07) is 2.09. The van der Waals surface area contributed by atoms with E-state index in [4.69, 9.17) is 21.2 Å². The monoisotopic (exact) mass is 568 g/mol. The molecule has 0 atom stereocenters. The van der Waals surface area contributed by atoms with Gasteiger partial charge in [0.2, 0.25) is 0 Å². The predicted octanol–water partition coefficient (Wildman–Crippen LogP) is 7.74. The van der Waals surface area contributed by atoms with E-state index in [1.54, 1.807) is 0 Å². The highest BCUT2D eigenvalue weighted by Crippen LogP contribution is 2.29. The smallest absolute Gasteiger partial charge is 0.314 e. The largest absolute Gasteiger partial charge is 0.465 e. The summed E-state index contributed by atoms with van der Waals surface area (Å²) < 4.78 is 32.1. The van der Waals surface area contributed by atoms with Crippen LogP contribution in [-0.4, -0.2) is 54.9 Å². The lowest BCUT2D eigenvalue weighted by molar-refractivity contribution is -0.154. The van der Waals surface area contributed by atoms with E-state index in [9.17, 15) is 4.79 Å². The van der Waals surface area contributed by atoms with Gasteiger partial charge in [-0.2, -0.15) is 0 Å². The van der Waals surface area contributed by atoms with Crippen LogP contribution in [0.1, 0.15) is 53.4 Å². The van der Waals surface area contributed by atoms with Crippen molar-refractivity contribution >= 4 is 48.3 Å². The Morgan fingerprint density at radius 1 is 0.647 bits per heavy atom. The van der Waals surface area contributed by atoms with E-state index in [0.29, 0.717) is 6.61 Å². The molecule has 11 heteroatoms. The summed E-state index contributed by atoms with van der Waals surface area (Å²) in [7, 11) is -10.9. The molecular weight excluding hydrogens is 513 g/mol. The second kappa shape index (κ2) is 13.3. The van der Waals surface area contributed by atoms with Gasteiger partial charge in [0.15, 0.2) is 16.6 Å². The number of rotatable bonds is 17. The van der Waals surface area contributed by atoms with Gasteiger partial charge >= 0.3 is 31.7 Å². The van der Waals surface area contributed by atoms with E-state index in [1.807, 2.05) is 20.8 Å². The van der Waals surface area contributed by atoms with Crippen molar-refractivity contribution in [2.24, 2.45) is 5.41 Å². The molecule has 0 amide bonds. The molecule has 0 aromatic carbocycles. The topological polar surface area (TPSA) is 63.2 Å². The van der Waals surface area contributed by atoms with Gasteiger partial charge < -0.3 is 21.2 Å². The first-order valence-corrected chi connectivity index (χ1v) is 27.7. The average Bonchev–Trinajstić information content (AvgIpc) is 2.59. The highest BCUT2D eigenvalue weighted by atomic mass is 28.5. The first-order valence-electron chi connectivity index (χ1n) is 13.1. The van der Waals surface area contributed by atoms with Crippen LogP contribution in [0.15, 0.2) is 0 Å². The van der Waals surface area contributed by atoms with Crippen molar-refractivity contribution in [2.75, 3.05) is 6.61 Å².